The molecular formula is C13H12ClF3N2O. The van der Waals surface area contributed by atoms with Crippen LogP contribution in [0.15, 0.2) is 18.2 Å². The van der Waals surface area contributed by atoms with Gasteiger partial charge in [0.1, 0.15) is 0 Å². The molecule has 0 bridgehead atoms. The molecule has 1 fully saturated rings. The standard InChI is InChI=1S/C13H12ClF3N2O/c14-9-3-4-11(18)10(7-9)12(20-19,13(15,16)17)6-5-8-1-2-8/h3-4,7-8H,1-2,18-19H2. The largest absolute Gasteiger partial charge is 0.435 e. The quantitative estimate of drug-likeness (QED) is 0.501. The summed E-state index contributed by atoms with van der Waals surface area (Å²) in [5, 5.41) is 0.0908. The highest BCUT2D eigenvalue weighted by Gasteiger charge is 2.58. The van der Waals surface area contributed by atoms with Gasteiger partial charge in [-0.2, -0.15) is 13.2 Å². The smallest absolute Gasteiger partial charge is 0.398 e. The van der Waals surface area contributed by atoms with Crippen molar-refractivity contribution in [1.29, 1.82) is 0 Å². The fraction of sp³-hybridized carbons (Fsp3) is 0.385. The number of alkyl halides is 3. The van der Waals surface area contributed by atoms with Crippen molar-refractivity contribution in [2.75, 3.05) is 5.73 Å². The first-order valence-corrected chi connectivity index (χ1v) is 6.21. The molecule has 1 aliphatic rings. The van der Waals surface area contributed by atoms with E-state index >= 15 is 0 Å². The van der Waals surface area contributed by atoms with E-state index in [1.165, 1.54) is 12.1 Å². The highest BCUT2D eigenvalue weighted by molar-refractivity contribution is 6.30. The van der Waals surface area contributed by atoms with E-state index in [0.29, 0.717) is 0 Å². The van der Waals surface area contributed by atoms with Gasteiger partial charge in [-0.25, -0.2) is 5.90 Å². The minimum Gasteiger partial charge on any atom is -0.398 e. The molecule has 108 valence electrons. The summed E-state index contributed by atoms with van der Waals surface area (Å²) >= 11 is 5.74. The van der Waals surface area contributed by atoms with E-state index < -0.39 is 17.3 Å². The first-order chi connectivity index (χ1) is 9.30. The van der Waals surface area contributed by atoms with Crippen molar-refractivity contribution in [3.8, 4) is 11.8 Å². The summed E-state index contributed by atoms with van der Waals surface area (Å²) in [6.07, 6.45) is -3.30. The van der Waals surface area contributed by atoms with Gasteiger partial charge >= 0.3 is 6.18 Å². The van der Waals surface area contributed by atoms with E-state index in [-0.39, 0.29) is 16.6 Å². The number of hydrogen-bond acceptors (Lipinski definition) is 3. The zero-order valence-electron chi connectivity index (χ0n) is 10.3. The minimum atomic E-state index is -4.84. The van der Waals surface area contributed by atoms with Crippen molar-refractivity contribution >= 4 is 17.3 Å². The van der Waals surface area contributed by atoms with Gasteiger partial charge in [0.15, 0.2) is 0 Å². The Morgan fingerprint density at radius 2 is 1.95 bits per heavy atom. The van der Waals surface area contributed by atoms with Crippen LogP contribution in [0.3, 0.4) is 0 Å². The number of nitrogens with two attached hydrogens (primary N) is 2. The van der Waals surface area contributed by atoms with Gasteiger partial charge in [0.25, 0.3) is 5.60 Å². The molecule has 0 aliphatic heterocycles. The molecule has 0 amide bonds. The van der Waals surface area contributed by atoms with Crippen LogP contribution in [0, 0.1) is 17.8 Å². The molecule has 1 aliphatic carbocycles. The fourth-order valence-corrected chi connectivity index (χ4v) is 1.89. The molecule has 0 heterocycles. The molecule has 1 aromatic rings. The molecule has 0 spiro atoms. The highest BCUT2D eigenvalue weighted by atomic mass is 35.5. The van der Waals surface area contributed by atoms with Crippen LogP contribution in [-0.2, 0) is 10.4 Å². The summed E-state index contributed by atoms with van der Waals surface area (Å²) < 4.78 is 40.3. The summed E-state index contributed by atoms with van der Waals surface area (Å²) in [7, 11) is 0. The van der Waals surface area contributed by atoms with Gasteiger partial charge in [-0.05, 0) is 31.0 Å². The van der Waals surface area contributed by atoms with Gasteiger partial charge in [-0.15, -0.1) is 0 Å². The van der Waals surface area contributed by atoms with Crippen molar-refractivity contribution in [1.82, 2.24) is 0 Å². The molecule has 7 heteroatoms. The molecule has 0 radical (unpaired) electrons. The van der Waals surface area contributed by atoms with Crippen molar-refractivity contribution in [3.05, 3.63) is 28.8 Å². The second kappa shape index (κ2) is 5.17. The summed E-state index contributed by atoms with van der Waals surface area (Å²) in [5.41, 5.74) is 2.11. The number of hydrogen-bond donors (Lipinski definition) is 2. The van der Waals surface area contributed by atoms with Gasteiger partial charge in [-0.1, -0.05) is 23.4 Å². The fourth-order valence-electron chi connectivity index (χ4n) is 1.72. The Kier molecular flexibility index (Phi) is 3.87. The zero-order valence-corrected chi connectivity index (χ0v) is 11.1. The molecule has 1 aromatic carbocycles. The third-order valence-electron chi connectivity index (χ3n) is 3.00. The van der Waals surface area contributed by atoms with E-state index in [0.717, 1.165) is 18.9 Å². The third-order valence-corrected chi connectivity index (χ3v) is 3.24. The van der Waals surface area contributed by atoms with Crippen LogP contribution in [0.2, 0.25) is 5.02 Å². The van der Waals surface area contributed by atoms with Crippen LogP contribution >= 0.6 is 11.6 Å². The van der Waals surface area contributed by atoms with Crippen LogP contribution < -0.4 is 11.6 Å². The van der Waals surface area contributed by atoms with Crippen molar-refractivity contribution < 1.29 is 18.0 Å². The lowest BCUT2D eigenvalue weighted by Gasteiger charge is -2.30. The second-order valence-corrected chi connectivity index (χ2v) is 5.01. The summed E-state index contributed by atoms with van der Waals surface area (Å²) in [6.45, 7) is 0. The van der Waals surface area contributed by atoms with Gasteiger partial charge in [0, 0.05) is 22.2 Å². The van der Waals surface area contributed by atoms with Crippen LogP contribution in [0.5, 0.6) is 0 Å². The van der Waals surface area contributed by atoms with Crippen LogP contribution in [0.4, 0.5) is 18.9 Å². The van der Waals surface area contributed by atoms with E-state index in [2.05, 4.69) is 16.7 Å². The normalized spacial score (nSPS) is 18.1. The lowest BCUT2D eigenvalue weighted by Crippen LogP contribution is -2.46. The Hall–Kier alpha value is -1.42. The van der Waals surface area contributed by atoms with Crippen LogP contribution in [0.25, 0.3) is 0 Å². The minimum absolute atomic E-state index is 0.0488. The summed E-state index contributed by atoms with van der Waals surface area (Å²) in [5.74, 6) is 9.52. The molecule has 2 rings (SSSR count). The van der Waals surface area contributed by atoms with Gasteiger partial charge in [0.05, 0.1) is 0 Å². The molecule has 20 heavy (non-hydrogen) atoms. The molecular weight excluding hydrogens is 293 g/mol. The summed E-state index contributed by atoms with van der Waals surface area (Å²) in [4.78, 5) is 4.27. The van der Waals surface area contributed by atoms with E-state index in [4.69, 9.17) is 23.2 Å². The first-order valence-electron chi connectivity index (χ1n) is 5.83. The average Bonchev–Trinajstić information content (AvgIpc) is 3.17. The topological polar surface area (TPSA) is 61.3 Å². The molecule has 0 saturated heterocycles. The van der Waals surface area contributed by atoms with Gasteiger partial charge < -0.3 is 5.73 Å². The predicted molar refractivity (Wildman–Crippen MR) is 69.4 cm³/mol. The van der Waals surface area contributed by atoms with Crippen molar-refractivity contribution in [2.24, 2.45) is 11.8 Å². The van der Waals surface area contributed by atoms with Gasteiger partial charge in [0.2, 0.25) is 0 Å². The number of nitrogen functional groups attached to an aromatic ring is 1. The van der Waals surface area contributed by atoms with E-state index in [1.807, 2.05) is 0 Å². The van der Waals surface area contributed by atoms with E-state index in [9.17, 15) is 13.2 Å². The maximum absolute atomic E-state index is 13.4. The highest BCUT2D eigenvalue weighted by Crippen LogP contribution is 2.44. The number of benzene rings is 1. The Labute approximate surface area is 119 Å². The van der Waals surface area contributed by atoms with Gasteiger partial charge in [-0.3, -0.25) is 4.84 Å². The van der Waals surface area contributed by atoms with Crippen LogP contribution in [-0.4, -0.2) is 6.18 Å². The zero-order chi connectivity index (χ0) is 15.0. The second-order valence-electron chi connectivity index (χ2n) is 4.57. The first kappa shape index (κ1) is 15.0. The monoisotopic (exact) mass is 304 g/mol. The lowest BCUT2D eigenvalue weighted by atomic mass is 9.91. The van der Waals surface area contributed by atoms with E-state index in [1.54, 1.807) is 0 Å². The van der Waals surface area contributed by atoms with Crippen molar-refractivity contribution in [3.63, 3.8) is 0 Å². The Balaban J connectivity index is 2.61. The molecule has 3 nitrogen and oxygen atoms in total. The lowest BCUT2D eigenvalue weighted by molar-refractivity contribution is -0.260. The Bertz CT molecular complexity index is 575. The maximum atomic E-state index is 13.4. The average molecular weight is 305 g/mol. The Morgan fingerprint density at radius 3 is 2.45 bits per heavy atom. The van der Waals surface area contributed by atoms with Crippen molar-refractivity contribution in [2.45, 2.75) is 24.6 Å². The molecule has 0 aromatic heterocycles. The number of halogens is 4. The SMILES string of the molecule is NOC(C#CC1CC1)(c1cc(Cl)ccc1N)C(F)(F)F. The third kappa shape index (κ3) is 2.70. The molecule has 4 N–H and O–H groups in total. The predicted octanol–water partition coefficient (Wildman–Crippen LogP) is 2.98. The molecule has 1 unspecified atom stereocenters. The van der Waals surface area contributed by atoms with Crippen LogP contribution in [0.1, 0.15) is 18.4 Å². The Morgan fingerprint density at radius 1 is 1.30 bits per heavy atom. The summed E-state index contributed by atoms with van der Waals surface area (Å²) in [6, 6.07) is 3.71. The molecule has 1 saturated carbocycles. The maximum Gasteiger partial charge on any atom is 0.435 e. The molecule has 1 atom stereocenters. The number of anilines is 1. The number of rotatable bonds is 2.